The number of likely N-dealkylation sites (tertiary alicyclic amines) is 1. The molecule has 0 spiro atoms. The molecule has 0 saturated carbocycles. The highest BCUT2D eigenvalue weighted by Crippen LogP contribution is 2.22. The largest absolute Gasteiger partial charge is 0.392 e. The minimum atomic E-state index is -0.108. The summed E-state index contributed by atoms with van der Waals surface area (Å²) in [6.07, 6.45) is 0.815. The standard InChI is InChI=1S/C9H12BrNOS/c10-7-3-9(13-6-7)5-11-2-1-8(12)4-11/h3,6,8,12H,1-2,4-5H2/t8-/m1/s1. The van der Waals surface area contributed by atoms with Crippen LogP contribution in [0.3, 0.4) is 0 Å². The molecular weight excluding hydrogens is 250 g/mol. The van der Waals surface area contributed by atoms with Crippen molar-refractivity contribution < 1.29 is 5.11 Å². The molecule has 0 aliphatic carbocycles. The van der Waals surface area contributed by atoms with Crippen molar-refractivity contribution in [3.63, 3.8) is 0 Å². The van der Waals surface area contributed by atoms with Crippen LogP contribution in [0.5, 0.6) is 0 Å². The van der Waals surface area contributed by atoms with Gasteiger partial charge >= 0.3 is 0 Å². The number of thiophene rings is 1. The minimum absolute atomic E-state index is 0.108. The summed E-state index contributed by atoms with van der Waals surface area (Å²) in [5.41, 5.74) is 0. The molecule has 72 valence electrons. The van der Waals surface area contributed by atoms with E-state index >= 15 is 0 Å². The molecule has 0 amide bonds. The Morgan fingerprint density at radius 1 is 1.69 bits per heavy atom. The molecule has 0 bridgehead atoms. The van der Waals surface area contributed by atoms with Crippen molar-refractivity contribution >= 4 is 27.3 Å². The van der Waals surface area contributed by atoms with Crippen LogP contribution in [0.25, 0.3) is 0 Å². The van der Waals surface area contributed by atoms with Gasteiger partial charge in [0.1, 0.15) is 0 Å². The molecule has 1 aromatic heterocycles. The average molecular weight is 262 g/mol. The first-order chi connectivity index (χ1) is 6.24. The highest BCUT2D eigenvalue weighted by atomic mass is 79.9. The van der Waals surface area contributed by atoms with Gasteiger partial charge in [-0.05, 0) is 28.4 Å². The molecule has 1 aliphatic rings. The number of nitrogens with zero attached hydrogens (tertiary/aromatic N) is 1. The Hall–Kier alpha value is 0.1000. The van der Waals surface area contributed by atoms with Gasteiger partial charge in [-0.2, -0.15) is 0 Å². The molecule has 1 aromatic rings. The zero-order valence-electron chi connectivity index (χ0n) is 7.24. The fourth-order valence-electron chi connectivity index (χ4n) is 1.61. The highest BCUT2D eigenvalue weighted by Gasteiger charge is 2.20. The van der Waals surface area contributed by atoms with Crippen LogP contribution in [0.2, 0.25) is 0 Å². The molecule has 2 rings (SSSR count). The molecular formula is C9H12BrNOS. The maximum Gasteiger partial charge on any atom is 0.0679 e. The lowest BCUT2D eigenvalue weighted by Crippen LogP contribution is -2.20. The second kappa shape index (κ2) is 4.09. The molecule has 1 fully saturated rings. The monoisotopic (exact) mass is 261 g/mol. The van der Waals surface area contributed by atoms with Gasteiger partial charge in [-0.15, -0.1) is 11.3 Å². The van der Waals surface area contributed by atoms with Crippen LogP contribution < -0.4 is 0 Å². The van der Waals surface area contributed by atoms with Crippen LogP contribution in [0.15, 0.2) is 15.9 Å². The van der Waals surface area contributed by atoms with Gasteiger partial charge in [0.25, 0.3) is 0 Å². The molecule has 13 heavy (non-hydrogen) atoms. The van der Waals surface area contributed by atoms with Crippen LogP contribution in [-0.4, -0.2) is 29.2 Å². The SMILES string of the molecule is O[C@@H]1CCN(Cc2cc(Br)cs2)C1. The van der Waals surface area contributed by atoms with Crippen molar-refractivity contribution in [2.45, 2.75) is 19.1 Å². The van der Waals surface area contributed by atoms with E-state index in [0.717, 1.165) is 30.5 Å². The lowest BCUT2D eigenvalue weighted by molar-refractivity contribution is 0.175. The molecule has 0 radical (unpaired) electrons. The van der Waals surface area contributed by atoms with Crippen LogP contribution >= 0.6 is 27.3 Å². The Morgan fingerprint density at radius 3 is 3.08 bits per heavy atom. The quantitative estimate of drug-likeness (QED) is 0.882. The normalized spacial score (nSPS) is 24.0. The van der Waals surface area contributed by atoms with Crippen molar-refractivity contribution in [3.8, 4) is 0 Å². The van der Waals surface area contributed by atoms with Crippen LogP contribution in [0.1, 0.15) is 11.3 Å². The first-order valence-electron chi connectivity index (χ1n) is 4.37. The predicted octanol–water partition coefficient (Wildman–Crippen LogP) is 2.08. The summed E-state index contributed by atoms with van der Waals surface area (Å²) in [7, 11) is 0. The van der Waals surface area contributed by atoms with Gasteiger partial charge in [0.15, 0.2) is 0 Å². The van der Waals surface area contributed by atoms with E-state index in [-0.39, 0.29) is 6.10 Å². The van der Waals surface area contributed by atoms with E-state index < -0.39 is 0 Å². The van der Waals surface area contributed by atoms with Gasteiger partial charge in [0, 0.05) is 34.4 Å². The third-order valence-electron chi connectivity index (χ3n) is 2.25. The molecule has 0 aromatic carbocycles. The van der Waals surface area contributed by atoms with Crippen LogP contribution in [0, 0.1) is 0 Å². The fourth-order valence-corrected chi connectivity index (χ4v) is 3.11. The second-order valence-corrected chi connectivity index (χ2v) is 5.32. The maximum absolute atomic E-state index is 9.34. The van der Waals surface area contributed by atoms with E-state index in [4.69, 9.17) is 0 Å². The number of aliphatic hydroxyl groups is 1. The second-order valence-electron chi connectivity index (χ2n) is 3.41. The van der Waals surface area contributed by atoms with E-state index in [1.165, 1.54) is 4.88 Å². The number of aliphatic hydroxyl groups excluding tert-OH is 1. The van der Waals surface area contributed by atoms with E-state index in [0.29, 0.717) is 0 Å². The van der Waals surface area contributed by atoms with Crippen molar-refractivity contribution in [1.29, 1.82) is 0 Å². The predicted molar refractivity (Wildman–Crippen MR) is 57.9 cm³/mol. The third kappa shape index (κ3) is 2.53. The minimum Gasteiger partial charge on any atom is -0.392 e. The summed E-state index contributed by atoms with van der Waals surface area (Å²) in [6, 6.07) is 2.15. The number of halogens is 1. The maximum atomic E-state index is 9.34. The Labute approximate surface area is 90.3 Å². The summed E-state index contributed by atoms with van der Waals surface area (Å²) < 4.78 is 1.16. The summed E-state index contributed by atoms with van der Waals surface area (Å²) in [6.45, 7) is 2.83. The zero-order valence-corrected chi connectivity index (χ0v) is 9.64. The third-order valence-corrected chi connectivity index (χ3v) is 3.93. The van der Waals surface area contributed by atoms with Crippen molar-refractivity contribution in [1.82, 2.24) is 4.90 Å². The van der Waals surface area contributed by atoms with Gasteiger partial charge in [-0.25, -0.2) is 0 Å². The molecule has 1 N–H and O–H groups in total. The fraction of sp³-hybridized carbons (Fsp3) is 0.556. The van der Waals surface area contributed by atoms with Crippen LogP contribution in [-0.2, 0) is 6.54 Å². The van der Waals surface area contributed by atoms with Crippen molar-refractivity contribution in [2.75, 3.05) is 13.1 Å². The number of hydrogen-bond donors (Lipinski definition) is 1. The molecule has 1 atom stereocenters. The lowest BCUT2D eigenvalue weighted by Gasteiger charge is -2.12. The first kappa shape index (κ1) is 9.65. The first-order valence-corrected chi connectivity index (χ1v) is 6.04. The van der Waals surface area contributed by atoms with Crippen molar-refractivity contribution in [3.05, 3.63) is 20.8 Å². The Bertz CT molecular complexity index is 289. The van der Waals surface area contributed by atoms with E-state index in [2.05, 4.69) is 32.3 Å². The summed E-state index contributed by atoms with van der Waals surface area (Å²) in [5.74, 6) is 0. The molecule has 2 nitrogen and oxygen atoms in total. The van der Waals surface area contributed by atoms with Gasteiger partial charge < -0.3 is 5.11 Å². The molecule has 1 aliphatic heterocycles. The highest BCUT2D eigenvalue weighted by molar-refractivity contribution is 9.10. The van der Waals surface area contributed by atoms with Crippen molar-refractivity contribution in [2.24, 2.45) is 0 Å². The Balaban J connectivity index is 1.91. The van der Waals surface area contributed by atoms with E-state index in [1.54, 1.807) is 11.3 Å². The molecule has 0 unspecified atom stereocenters. The molecule has 1 saturated heterocycles. The van der Waals surface area contributed by atoms with Gasteiger partial charge in [-0.3, -0.25) is 4.90 Å². The van der Waals surface area contributed by atoms with Gasteiger partial charge in [0.05, 0.1) is 6.10 Å². The summed E-state index contributed by atoms with van der Waals surface area (Å²) in [5, 5.41) is 11.4. The Kier molecular flexibility index (Phi) is 3.03. The van der Waals surface area contributed by atoms with Gasteiger partial charge in [0.2, 0.25) is 0 Å². The smallest absolute Gasteiger partial charge is 0.0679 e. The number of rotatable bonds is 2. The summed E-state index contributed by atoms with van der Waals surface area (Å²) >= 11 is 5.20. The Morgan fingerprint density at radius 2 is 2.54 bits per heavy atom. The average Bonchev–Trinajstić information content (AvgIpc) is 2.62. The summed E-state index contributed by atoms with van der Waals surface area (Å²) in [4.78, 5) is 3.66. The zero-order chi connectivity index (χ0) is 9.26. The van der Waals surface area contributed by atoms with Gasteiger partial charge in [-0.1, -0.05) is 0 Å². The molecule has 2 heterocycles. The number of hydrogen-bond acceptors (Lipinski definition) is 3. The number of β-amino-alcohol motifs (C(OH)–C–C–N with tert-alkyl or cyclic N) is 1. The van der Waals surface area contributed by atoms with Crippen LogP contribution in [0.4, 0.5) is 0 Å². The van der Waals surface area contributed by atoms with E-state index in [9.17, 15) is 5.11 Å². The topological polar surface area (TPSA) is 23.5 Å². The lowest BCUT2D eigenvalue weighted by atomic mass is 10.3. The van der Waals surface area contributed by atoms with E-state index in [1.807, 2.05) is 0 Å². The molecule has 4 heteroatoms.